The van der Waals surface area contributed by atoms with Gasteiger partial charge in [-0.3, -0.25) is 4.79 Å². The molecule has 1 aliphatic rings. The highest BCUT2D eigenvalue weighted by atomic mass is 16.5. The van der Waals surface area contributed by atoms with Gasteiger partial charge < -0.3 is 9.64 Å². The van der Waals surface area contributed by atoms with Crippen LogP contribution < -0.4 is 4.90 Å². The predicted molar refractivity (Wildman–Crippen MR) is 68.3 cm³/mol. The van der Waals surface area contributed by atoms with Gasteiger partial charge >= 0.3 is 5.97 Å². The van der Waals surface area contributed by atoms with Gasteiger partial charge in [0.25, 0.3) is 0 Å². The molecule has 0 bridgehead atoms. The topological polar surface area (TPSA) is 79.1 Å². The van der Waals surface area contributed by atoms with Crippen LogP contribution in [0.2, 0.25) is 0 Å². The second kappa shape index (κ2) is 6.14. The zero-order chi connectivity index (χ0) is 13.7. The summed E-state index contributed by atoms with van der Waals surface area (Å²) in [5.41, 5.74) is 0.518. The Morgan fingerprint density at radius 1 is 1.58 bits per heavy atom. The lowest BCUT2D eigenvalue weighted by Crippen LogP contribution is -2.37. The molecule has 2 rings (SSSR count). The maximum absolute atomic E-state index is 11.6. The molecule has 1 saturated heterocycles. The Bertz CT molecular complexity index is 490. The second-order valence-electron chi connectivity index (χ2n) is 4.39. The van der Waals surface area contributed by atoms with Crippen molar-refractivity contribution in [1.29, 1.82) is 5.26 Å². The monoisotopic (exact) mass is 260 g/mol. The summed E-state index contributed by atoms with van der Waals surface area (Å²) < 4.78 is 5.03. The van der Waals surface area contributed by atoms with E-state index in [-0.39, 0.29) is 11.9 Å². The van der Waals surface area contributed by atoms with Crippen LogP contribution in [0.5, 0.6) is 0 Å². The fraction of sp³-hybridized carbons (Fsp3) is 0.538. The molecule has 2 heterocycles. The van der Waals surface area contributed by atoms with E-state index in [2.05, 4.69) is 16.3 Å². The maximum Gasteiger partial charge on any atom is 0.309 e. The highest BCUT2D eigenvalue weighted by Crippen LogP contribution is 2.24. The van der Waals surface area contributed by atoms with E-state index in [1.807, 2.05) is 11.8 Å². The van der Waals surface area contributed by atoms with Crippen LogP contribution in [0.25, 0.3) is 0 Å². The number of aromatic nitrogens is 2. The summed E-state index contributed by atoms with van der Waals surface area (Å²) >= 11 is 0. The van der Waals surface area contributed by atoms with Crippen LogP contribution in [0.3, 0.4) is 0 Å². The first-order chi connectivity index (χ1) is 9.26. The van der Waals surface area contributed by atoms with E-state index in [9.17, 15) is 4.79 Å². The largest absolute Gasteiger partial charge is 0.466 e. The first kappa shape index (κ1) is 13.3. The number of piperidine rings is 1. The second-order valence-corrected chi connectivity index (χ2v) is 4.39. The van der Waals surface area contributed by atoms with Crippen molar-refractivity contribution in [2.45, 2.75) is 19.8 Å². The van der Waals surface area contributed by atoms with Crippen molar-refractivity contribution < 1.29 is 9.53 Å². The number of rotatable bonds is 3. The Kier molecular flexibility index (Phi) is 4.29. The lowest BCUT2D eigenvalue weighted by molar-refractivity contribution is -0.148. The molecule has 1 fully saturated rings. The standard InChI is InChI=1S/C13H16N4O2/c1-2-19-13(18)10-4-7-17(8-5-10)12-11(9-14)3-6-15-16-12/h3,6,10H,2,4-5,7-8H2,1H3. The molecule has 6 heteroatoms. The van der Waals surface area contributed by atoms with E-state index < -0.39 is 0 Å². The average Bonchev–Trinajstić information content (AvgIpc) is 2.47. The Morgan fingerprint density at radius 3 is 2.95 bits per heavy atom. The molecule has 1 aromatic rings. The molecular weight excluding hydrogens is 244 g/mol. The average molecular weight is 260 g/mol. The Balaban J connectivity index is 2.00. The van der Waals surface area contributed by atoms with Gasteiger partial charge in [0.15, 0.2) is 5.82 Å². The molecule has 0 radical (unpaired) electrons. The smallest absolute Gasteiger partial charge is 0.309 e. The molecule has 0 unspecified atom stereocenters. The Morgan fingerprint density at radius 2 is 2.32 bits per heavy atom. The van der Waals surface area contributed by atoms with Gasteiger partial charge in [-0.25, -0.2) is 0 Å². The van der Waals surface area contributed by atoms with Crippen molar-refractivity contribution in [3.8, 4) is 6.07 Å². The zero-order valence-electron chi connectivity index (χ0n) is 10.9. The quantitative estimate of drug-likeness (QED) is 0.758. The summed E-state index contributed by atoms with van der Waals surface area (Å²) in [4.78, 5) is 13.6. The van der Waals surface area contributed by atoms with Crippen molar-refractivity contribution >= 4 is 11.8 Å². The molecule has 19 heavy (non-hydrogen) atoms. The van der Waals surface area contributed by atoms with Gasteiger partial charge in [-0.15, -0.1) is 5.10 Å². The van der Waals surface area contributed by atoms with E-state index in [4.69, 9.17) is 10.00 Å². The van der Waals surface area contributed by atoms with Crippen molar-refractivity contribution in [3.63, 3.8) is 0 Å². The van der Waals surface area contributed by atoms with Gasteiger partial charge in [0, 0.05) is 13.1 Å². The maximum atomic E-state index is 11.6. The minimum atomic E-state index is -0.123. The molecular formula is C13H16N4O2. The number of carbonyl (C=O) groups excluding carboxylic acids is 1. The number of hydrogen-bond donors (Lipinski definition) is 0. The molecule has 0 aromatic carbocycles. The van der Waals surface area contributed by atoms with Crippen molar-refractivity contribution in [2.24, 2.45) is 5.92 Å². The fourth-order valence-corrected chi connectivity index (χ4v) is 2.23. The third-order valence-electron chi connectivity index (χ3n) is 3.24. The van der Waals surface area contributed by atoms with E-state index >= 15 is 0 Å². The molecule has 1 aromatic heterocycles. The molecule has 100 valence electrons. The number of ether oxygens (including phenoxy) is 1. The predicted octanol–water partition coefficient (Wildman–Crippen LogP) is 1.13. The van der Waals surface area contributed by atoms with E-state index in [1.54, 1.807) is 6.07 Å². The van der Waals surface area contributed by atoms with E-state index in [1.165, 1.54) is 6.20 Å². The van der Waals surface area contributed by atoms with Crippen LogP contribution in [0, 0.1) is 17.2 Å². The first-order valence-corrected chi connectivity index (χ1v) is 6.39. The van der Waals surface area contributed by atoms with Crippen LogP contribution in [0.1, 0.15) is 25.3 Å². The van der Waals surface area contributed by atoms with Crippen LogP contribution in [0.15, 0.2) is 12.3 Å². The number of nitriles is 1. The lowest BCUT2D eigenvalue weighted by Gasteiger charge is -2.31. The minimum Gasteiger partial charge on any atom is -0.466 e. The van der Waals surface area contributed by atoms with Crippen molar-refractivity contribution in [1.82, 2.24) is 10.2 Å². The highest BCUT2D eigenvalue weighted by molar-refractivity contribution is 5.73. The summed E-state index contributed by atoms with van der Waals surface area (Å²) in [7, 11) is 0. The zero-order valence-corrected chi connectivity index (χ0v) is 10.9. The minimum absolute atomic E-state index is 0.0431. The van der Waals surface area contributed by atoms with Crippen LogP contribution in [0.4, 0.5) is 5.82 Å². The van der Waals surface area contributed by atoms with E-state index in [0.717, 1.165) is 12.8 Å². The molecule has 0 amide bonds. The van der Waals surface area contributed by atoms with Crippen molar-refractivity contribution in [2.75, 3.05) is 24.6 Å². The first-order valence-electron chi connectivity index (χ1n) is 6.39. The normalized spacial score (nSPS) is 15.9. The summed E-state index contributed by atoms with van der Waals surface area (Å²) in [6.45, 7) is 3.61. The van der Waals surface area contributed by atoms with Gasteiger partial charge in [-0.1, -0.05) is 0 Å². The molecule has 1 aliphatic heterocycles. The summed E-state index contributed by atoms with van der Waals surface area (Å²) in [6.07, 6.45) is 2.95. The van der Waals surface area contributed by atoms with Gasteiger partial charge in [-0.2, -0.15) is 10.4 Å². The third-order valence-corrected chi connectivity index (χ3v) is 3.24. The van der Waals surface area contributed by atoms with Crippen LogP contribution >= 0.6 is 0 Å². The molecule has 0 atom stereocenters. The number of hydrogen-bond acceptors (Lipinski definition) is 6. The summed E-state index contributed by atoms with van der Waals surface area (Å²) in [6, 6.07) is 3.76. The van der Waals surface area contributed by atoms with Gasteiger partial charge in [-0.05, 0) is 25.8 Å². The lowest BCUT2D eigenvalue weighted by atomic mass is 9.97. The van der Waals surface area contributed by atoms with Crippen LogP contribution in [-0.4, -0.2) is 35.9 Å². The number of nitrogens with zero attached hydrogens (tertiary/aromatic N) is 4. The molecule has 0 saturated carbocycles. The van der Waals surface area contributed by atoms with Crippen LogP contribution in [-0.2, 0) is 9.53 Å². The summed E-state index contributed by atoms with van der Waals surface area (Å²) in [5, 5.41) is 16.9. The SMILES string of the molecule is CCOC(=O)C1CCN(c2nnccc2C#N)CC1. The molecule has 6 nitrogen and oxygen atoms in total. The Labute approximate surface area is 112 Å². The van der Waals surface area contributed by atoms with Gasteiger partial charge in [0.1, 0.15) is 6.07 Å². The molecule has 0 N–H and O–H groups in total. The highest BCUT2D eigenvalue weighted by Gasteiger charge is 2.27. The number of anilines is 1. The molecule has 0 aliphatic carbocycles. The fourth-order valence-electron chi connectivity index (χ4n) is 2.23. The third kappa shape index (κ3) is 2.99. The Hall–Kier alpha value is -2.16. The number of esters is 1. The van der Waals surface area contributed by atoms with Gasteiger partial charge in [0.05, 0.1) is 24.3 Å². The van der Waals surface area contributed by atoms with Gasteiger partial charge in [0.2, 0.25) is 0 Å². The summed E-state index contributed by atoms with van der Waals surface area (Å²) in [5.74, 6) is 0.438. The molecule has 0 spiro atoms. The van der Waals surface area contributed by atoms with E-state index in [0.29, 0.717) is 31.1 Å². The van der Waals surface area contributed by atoms with Crippen molar-refractivity contribution in [3.05, 3.63) is 17.8 Å². The number of carbonyl (C=O) groups is 1.